The van der Waals surface area contributed by atoms with E-state index in [1.54, 1.807) is 4.90 Å². The lowest BCUT2D eigenvalue weighted by Crippen LogP contribution is -2.35. The van der Waals surface area contributed by atoms with E-state index in [9.17, 15) is 10.1 Å². The summed E-state index contributed by atoms with van der Waals surface area (Å²) < 4.78 is 13.7. The molecule has 7 heteroatoms. The Morgan fingerprint density at radius 3 is 2.72 bits per heavy atom. The molecule has 1 aromatic heterocycles. The number of amides is 1. The number of hydrogen-bond donors (Lipinski definition) is 0. The molecule has 4 rings (SSSR count). The van der Waals surface area contributed by atoms with Crippen LogP contribution < -0.4 is 4.74 Å². The van der Waals surface area contributed by atoms with Gasteiger partial charge in [0.25, 0.3) is 6.01 Å². The summed E-state index contributed by atoms with van der Waals surface area (Å²) in [5.74, 6) is 0.210. The molecule has 2 heterocycles. The van der Waals surface area contributed by atoms with E-state index in [2.05, 4.69) is 11.1 Å². The number of benzene rings is 2. The maximum Gasteiger partial charge on any atom is 0.410 e. The van der Waals surface area contributed by atoms with Crippen LogP contribution in [-0.4, -0.2) is 45.8 Å². The minimum atomic E-state index is -0.504. The Bertz CT molecular complexity index is 1160. The summed E-state index contributed by atoms with van der Waals surface area (Å²) in [5.41, 5.74) is 2.85. The van der Waals surface area contributed by atoms with Crippen molar-refractivity contribution in [2.75, 3.05) is 19.7 Å². The number of fused-ring (bicyclic) bond motifs is 1. The molecule has 1 aliphatic rings. The molecule has 0 bridgehead atoms. The van der Waals surface area contributed by atoms with E-state index in [0.717, 1.165) is 23.0 Å². The second kappa shape index (κ2) is 8.91. The smallest absolute Gasteiger partial charge is 0.410 e. The Kier molecular flexibility index (Phi) is 6.04. The van der Waals surface area contributed by atoms with E-state index in [1.807, 2.05) is 73.9 Å². The standard InChI is InChI=1S/C25H28N4O3/c1-25(2,3)32-24(30)28-13-12-18(15-28)17-31-23-27-21-10-6-7-11-22(21)29(23)16-20-9-5-4-8-19(20)14-26/h4-11,18H,12-13,15-17H2,1-3H3/t18-/m0/s1. The van der Waals surface area contributed by atoms with Crippen molar-refractivity contribution in [1.82, 2.24) is 14.5 Å². The van der Waals surface area contributed by atoms with Crippen molar-refractivity contribution in [3.05, 3.63) is 59.7 Å². The first-order valence-electron chi connectivity index (χ1n) is 10.9. The molecule has 3 aromatic rings. The van der Waals surface area contributed by atoms with Gasteiger partial charge in [-0.05, 0) is 51.0 Å². The highest BCUT2D eigenvalue weighted by Crippen LogP contribution is 2.26. The third kappa shape index (κ3) is 4.86. The number of ether oxygens (including phenoxy) is 2. The summed E-state index contributed by atoms with van der Waals surface area (Å²) in [6, 6.07) is 18.2. The number of imidazole rings is 1. The number of carbonyl (C=O) groups excluding carboxylic acids is 1. The molecule has 1 aliphatic heterocycles. The number of nitrogens with zero attached hydrogens (tertiary/aromatic N) is 4. The highest BCUT2D eigenvalue weighted by molar-refractivity contribution is 5.76. The highest BCUT2D eigenvalue weighted by Gasteiger charge is 2.30. The van der Waals surface area contributed by atoms with Gasteiger partial charge in [0.2, 0.25) is 0 Å². The van der Waals surface area contributed by atoms with E-state index < -0.39 is 5.60 Å². The molecule has 1 amide bonds. The fraction of sp³-hybridized carbons (Fsp3) is 0.400. The fourth-order valence-electron chi connectivity index (χ4n) is 3.91. The Morgan fingerprint density at radius 1 is 1.19 bits per heavy atom. The average molecular weight is 433 g/mol. The van der Waals surface area contributed by atoms with E-state index in [1.165, 1.54) is 0 Å². The van der Waals surface area contributed by atoms with Gasteiger partial charge in [0, 0.05) is 19.0 Å². The second-order valence-electron chi connectivity index (χ2n) is 9.13. The predicted octanol–water partition coefficient (Wildman–Crippen LogP) is 4.59. The van der Waals surface area contributed by atoms with E-state index in [-0.39, 0.29) is 12.0 Å². The molecule has 0 aliphatic carbocycles. The van der Waals surface area contributed by atoms with Crippen molar-refractivity contribution in [3.8, 4) is 12.1 Å². The maximum absolute atomic E-state index is 12.3. The topological polar surface area (TPSA) is 80.4 Å². The number of aromatic nitrogens is 2. The van der Waals surface area contributed by atoms with Gasteiger partial charge < -0.3 is 14.4 Å². The van der Waals surface area contributed by atoms with Gasteiger partial charge in [0.05, 0.1) is 35.8 Å². The molecule has 0 N–H and O–H groups in total. The number of nitriles is 1. The lowest BCUT2D eigenvalue weighted by Gasteiger charge is -2.24. The zero-order valence-electron chi connectivity index (χ0n) is 18.7. The van der Waals surface area contributed by atoms with Gasteiger partial charge in [-0.3, -0.25) is 4.57 Å². The molecule has 32 heavy (non-hydrogen) atoms. The zero-order valence-corrected chi connectivity index (χ0v) is 18.7. The maximum atomic E-state index is 12.3. The Morgan fingerprint density at radius 2 is 1.94 bits per heavy atom. The lowest BCUT2D eigenvalue weighted by atomic mass is 10.1. The summed E-state index contributed by atoms with van der Waals surface area (Å²) in [4.78, 5) is 18.8. The molecular weight excluding hydrogens is 404 g/mol. The quantitative estimate of drug-likeness (QED) is 0.589. The minimum absolute atomic E-state index is 0.210. The van der Waals surface area contributed by atoms with Gasteiger partial charge >= 0.3 is 6.09 Å². The molecule has 0 unspecified atom stereocenters. The molecule has 0 saturated carbocycles. The summed E-state index contributed by atoms with van der Waals surface area (Å²) in [7, 11) is 0. The molecular formula is C25H28N4O3. The van der Waals surface area contributed by atoms with Crippen molar-refractivity contribution in [1.29, 1.82) is 5.26 Å². The van der Waals surface area contributed by atoms with Crippen molar-refractivity contribution in [2.24, 2.45) is 5.92 Å². The van der Waals surface area contributed by atoms with Crippen LogP contribution in [0.2, 0.25) is 0 Å². The Labute approximate surface area is 188 Å². The van der Waals surface area contributed by atoms with Crippen LogP contribution in [-0.2, 0) is 11.3 Å². The molecule has 0 spiro atoms. The van der Waals surface area contributed by atoms with Crippen LogP contribution in [0.15, 0.2) is 48.5 Å². The average Bonchev–Trinajstić information content (AvgIpc) is 3.37. The van der Waals surface area contributed by atoms with E-state index in [0.29, 0.717) is 37.8 Å². The van der Waals surface area contributed by atoms with Crippen LogP contribution in [0.4, 0.5) is 4.79 Å². The Hall–Kier alpha value is -3.53. The number of carbonyl (C=O) groups is 1. The van der Waals surface area contributed by atoms with Crippen LogP contribution in [0.25, 0.3) is 11.0 Å². The molecule has 1 saturated heterocycles. The highest BCUT2D eigenvalue weighted by atomic mass is 16.6. The van der Waals surface area contributed by atoms with E-state index in [4.69, 9.17) is 9.47 Å². The van der Waals surface area contributed by atoms with Crippen LogP contribution in [0.5, 0.6) is 6.01 Å². The zero-order chi connectivity index (χ0) is 22.7. The minimum Gasteiger partial charge on any atom is -0.464 e. The molecule has 0 radical (unpaired) electrons. The lowest BCUT2D eigenvalue weighted by molar-refractivity contribution is 0.0284. The number of hydrogen-bond acceptors (Lipinski definition) is 5. The molecule has 166 valence electrons. The third-order valence-electron chi connectivity index (χ3n) is 5.47. The van der Waals surface area contributed by atoms with Crippen LogP contribution in [0.1, 0.15) is 38.3 Å². The van der Waals surface area contributed by atoms with Crippen LogP contribution in [0.3, 0.4) is 0 Å². The van der Waals surface area contributed by atoms with Crippen molar-refractivity contribution >= 4 is 17.1 Å². The Balaban J connectivity index is 1.49. The second-order valence-corrected chi connectivity index (χ2v) is 9.13. The monoisotopic (exact) mass is 432 g/mol. The SMILES string of the molecule is CC(C)(C)OC(=O)N1CC[C@H](COc2nc3ccccc3n2Cc2ccccc2C#N)C1. The van der Waals surface area contributed by atoms with Gasteiger partial charge in [0.1, 0.15) is 5.60 Å². The first kappa shape index (κ1) is 21.7. The van der Waals surface area contributed by atoms with Gasteiger partial charge in [-0.25, -0.2) is 4.79 Å². The molecule has 1 atom stereocenters. The first-order valence-corrected chi connectivity index (χ1v) is 10.9. The number of likely N-dealkylation sites (tertiary alicyclic amines) is 1. The summed E-state index contributed by atoms with van der Waals surface area (Å²) in [6.07, 6.45) is 0.580. The van der Waals surface area contributed by atoms with Crippen molar-refractivity contribution < 1.29 is 14.3 Å². The van der Waals surface area contributed by atoms with Crippen LogP contribution in [0, 0.1) is 17.2 Å². The number of rotatable bonds is 5. The molecule has 2 aromatic carbocycles. The summed E-state index contributed by atoms with van der Waals surface area (Å²) in [5, 5.41) is 9.47. The number of para-hydroxylation sites is 2. The van der Waals surface area contributed by atoms with Gasteiger partial charge in [-0.1, -0.05) is 30.3 Å². The van der Waals surface area contributed by atoms with Crippen LogP contribution >= 0.6 is 0 Å². The normalized spacial score (nSPS) is 16.2. The van der Waals surface area contributed by atoms with Crippen molar-refractivity contribution in [2.45, 2.75) is 39.3 Å². The van der Waals surface area contributed by atoms with Crippen molar-refractivity contribution in [3.63, 3.8) is 0 Å². The first-order chi connectivity index (χ1) is 15.3. The predicted molar refractivity (Wildman–Crippen MR) is 121 cm³/mol. The summed E-state index contributed by atoms with van der Waals surface area (Å²) >= 11 is 0. The fourth-order valence-corrected chi connectivity index (χ4v) is 3.91. The van der Waals surface area contributed by atoms with Gasteiger partial charge in [-0.2, -0.15) is 10.2 Å². The summed E-state index contributed by atoms with van der Waals surface area (Å²) in [6.45, 7) is 7.83. The van der Waals surface area contributed by atoms with Gasteiger partial charge in [-0.15, -0.1) is 0 Å². The molecule has 1 fully saturated rings. The van der Waals surface area contributed by atoms with Gasteiger partial charge in [0.15, 0.2) is 0 Å². The molecule has 7 nitrogen and oxygen atoms in total. The third-order valence-corrected chi connectivity index (χ3v) is 5.47. The van der Waals surface area contributed by atoms with E-state index >= 15 is 0 Å². The largest absolute Gasteiger partial charge is 0.464 e.